The third-order valence-electron chi connectivity index (χ3n) is 2.52. The molecule has 0 atom stereocenters. The van der Waals surface area contributed by atoms with E-state index in [0.29, 0.717) is 26.2 Å². The van der Waals surface area contributed by atoms with E-state index < -0.39 is 4.92 Å². The molecule has 1 heterocycles. The number of nitrogens with zero attached hydrogens (tertiary/aromatic N) is 2. The number of halogens is 3. The van der Waals surface area contributed by atoms with Crippen molar-refractivity contribution in [3.8, 4) is 0 Å². The van der Waals surface area contributed by atoms with Gasteiger partial charge in [-0.1, -0.05) is 27.5 Å². The van der Waals surface area contributed by atoms with E-state index in [1.165, 1.54) is 6.07 Å². The van der Waals surface area contributed by atoms with Crippen LogP contribution < -0.4 is 5.32 Å². The number of aromatic nitrogens is 1. The Morgan fingerprint density at radius 3 is 2.75 bits per heavy atom. The van der Waals surface area contributed by atoms with Crippen LogP contribution in [-0.4, -0.2) is 9.91 Å². The van der Waals surface area contributed by atoms with Gasteiger partial charge in [0.25, 0.3) is 5.69 Å². The molecule has 0 spiro atoms. The molecule has 8 heteroatoms. The molecule has 20 heavy (non-hydrogen) atoms. The van der Waals surface area contributed by atoms with Gasteiger partial charge in [-0.3, -0.25) is 10.1 Å². The van der Waals surface area contributed by atoms with Crippen LogP contribution >= 0.6 is 43.5 Å². The number of anilines is 1. The quantitative estimate of drug-likeness (QED) is 0.438. The maximum Gasteiger partial charge on any atom is 0.275 e. The van der Waals surface area contributed by atoms with Crippen molar-refractivity contribution in [2.75, 3.05) is 5.32 Å². The first-order valence-corrected chi connectivity index (χ1v) is 7.41. The molecule has 0 fully saturated rings. The first kappa shape index (κ1) is 15.2. The maximum absolute atomic E-state index is 11.0. The zero-order chi connectivity index (χ0) is 14.7. The molecule has 104 valence electrons. The summed E-state index contributed by atoms with van der Waals surface area (Å²) in [4.78, 5) is 14.6. The first-order valence-electron chi connectivity index (χ1n) is 5.45. The highest BCUT2D eigenvalue weighted by Crippen LogP contribution is 2.26. The summed E-state index contributed by atoms with van der Waals surface area (Å²) < 4.78 is 1.33. The lowest BCUT2D eigenvalue weighted by Crippen LogP contribution is -2.03. The molecule has 1 aromatic carbocycles. The number of hydrogen-bond acceptors (Lipinski definition) is 4. The summed E-state index contributed by atoms with van der Waals surface area (Å²) in [6.45, 7) is 0.319. The van der Waals surface area contributed by atoms with E-state index in [2.05, 4.69) is 42.2 Å². The van der Waals surface area contributed by atoms with Gasteiger partial charge in [-0.25, -0.2) is 4.98 Å². The molecule has 0 aliphatic rings. The molecule has 0 aliphatic carbocycles. The molecule has 2 rings (SSSR count). The minimum atomic E-state index is -0.405. The van der Waals surface area contributed by atoms with Crippen LogP contribution in [0.3, 0.4) is 0 Å². The third kappa shape index (κ3) is 3.68. The molecule has 0 saturated heterocycles. The Morgan fingerprint density at radius 1 is 1.35 bits per heavy atom. The Kier molecular flexibility index (Phi) is 4.95. The summed E-state index contributed by atoms with van der Waals surface area (Å²) in [7, 11) is 0. The van der Waals surface area contributed by atoms with Crippen molar-refractivity contribution in [3.63, 3.8) is 0 Å². The monoisotopic (exact) mass is 419 g/mol. The lowest BCUT2D eigenvalue weighted by atomic mass is 10.2. The van der Waals surface area contributed by atoms with E-state index in [9.17, 15) is 10.1 Å². The van der Waals surface area contributed by atoms with Crippen LogP contribution in [0.15, 0.2) is 39.4 Å². The van der Waals surface area contributed by atoms with Crippen molar-refractivity contribution in [3.05, 3.63) is 60.2 Å². The highest BCUT2D eigenvalue weighted by atomic mass is 79.9. The smallest absolute Gasteiger partial charge is 0.275 e. The summed E-state index contributed by atoms with van der Waals surface area (Å²) in [5.41, 5.74) is 1.37. The third-order valence-corrected chi connectivity index (χ3v) is 4.15. The van der Waals surface area contributed by atoms with Crippen molar-refractivity contribution in [2.45, 2.75) is 6.54 Å². The van der Waals surface area contributed by atoms with Gasteiger partial charge >= 0.3 is 0 Å². The van der Waals surface area contributed by atoms with Crippen LogP contribution in [0.5, 0.6) is 0 Å². The Labute approximate surface area is 136 Å². The van der Waals surface area contributed by atoms with Gasteiger partial charge in [0.1, 0.15) is 5.15 Å². The second-order valence-electron chi connectivity index (χ2n) is 3.88. The SMILES string of the molecule is O=[N+]([O-])c1cc(Br)ccc1CNc1cnc(Cl)c(Br)c1. The van der Waals surface area contributed by atoms with Crippen LogP contribution in [0.4, 0.5) is 11.4 Å². The van der Waals surface area contributed by atoms with Crippen molar-refractivity contribution in [1.29, 1.82) is 0 Å². The van der Waals surface area contributed by atoms with Gasteiger partial charge in [0, 0.05) is 22.6 Å². The maximum atomic E-state index is 11.0. The highest BCUT2D eigenvalue weighted by molar-refractivity contribution is 9.10. The van der Waals surface area contributed by atoms with Gasteiger partial charge in [-0.05, 0) is 34.1 Å². The Bertz CT molecular complexity index is 667. The number of benzene rings is 1. The first-order chi connectivity index (χ1) is 9.47. The van der Waals surface area contributed by atoms with Crippen molar-refractivity contribution < 1.29 is 4.92 Å². The summed E-state index contributed by atoms with van der Waals surface area (Å²) in [6.07, 6.45) is 1.57. The Balaban J connectivity index is 2.18. The van der Waals surface area contributed by atoms with Gasteiger partial charge in [0.2, 0.25) is 0 Å². The van der Waals surface area contributed by atoms with Crippen LogP contribution in [0, 0.1) is 10.1 Å². The average molecular weight is 421 g/mol. The number of nitro benzene ring substituents is 1. The topological polar surface area (TPSA) is 68.1 Å². The fourth-order valence-corrected chi connectivity index (χ4v) is 2.37. The van der Waals surface area contributed by atoms with Crippen LogP contribution in [-0.2, 0) is 6.54 Å². The highest BCUT2D eigenvalue weighted by Gasteiger charge is 2.13. The van der Waals surface area contributed by atoms with Gasteiger partial charge in [0.05, 0.1) is 21.3 Å². The molecule has 0 bridgehead atoms. The number of hydrogen-bond donors (Lipinski definition) is 1. The standard InChI is InChI=1S/C12H8Br2ClN3O2/c13-8-2-1-7(11(3-8)18(19)20)5-16-9-4-10(14)12(15)17-6-9/h1-4,6,16H,5H2. The van der Waals surface area contributed by atoms with E-state index in [-0.39, 0.29) is 5.69 Å². The fraction of sp³-hybridized carbons (Fsp3) is 0.0833. The van der Waals surface area contributed by atoms with E-state index >= 15 is 0 Å². The van der Waals surface area contributed by atoms with Crippen molar-refractivity contribution >= 4 is 54.8 Å². The molecule has 0 saturated carbocycles. The average Bonchev–Trinajstić information content (AvgIpc) is 2.41. The second kappa shape index (κ2) is 6.51. The molecule has 0 amide bonds. The number of nitro groups is 1. The van der Waals surface area contributed by atoms with Crippen LogP contribution in [0.1, 0.15) is 5.56 Å². The molecule has 5 nitrogen and oxygen atoms in total. The lowest BCUT2D eigenvalue weighted by Gasteiger charge is -2.08. The van der Waals surface area contributed by atoms with E-state index in [0.717, 1.165) is 5.69 Å². The molecule has 0 unspecified atom stereocenters. The normalized spacial score (nSPS) is 10.3. The van der Waals surface area contributed by atoms with Gasteiger partial charge < -0.3 is 5.32 Å². The van der Waals surface area contributed by atoms with Crippen molar-refractivity contribution in [2.24, 2.45) is 0 Å². The minimum Gasteiger partial charge on any atom is -0.379 e. The summed E-state index contributed by atoms with van der Waals surface area (Å²) in [6, 6.07) is 6.71. The van der Waals surface area contributed by atoms with E-state index in [1.807, 2.05) is 0 Å². The summed E-state index contributed by atoms with van der Waals surface area (Å²) in [5, 5.41) is 14.4. The predicted molar refractivity (Wildman–Crippen MR) is 85.1 cm³/mol. The zero-order valence-corrected chi connectivity index (χ0v) is 13.9. The lowest BCUT2D eigenvalue weighted by molar-refractivity contribution is -0.385. The van der Waals surface area contributed by atoms with Gasteiger partial charge in [-0.15, -0.1) is 0 Å². The fourth-order valence-electron chi connectivity index (χ4n) is 1.57. The minimum absolute atomic E-state index is 0.0628. The van der Waals surface area contributed by atoms with Gasteiger partial charge in [-0.2, -0.15) is 0 Å². The van der Waals surface area contributed by atoms with Crippen LogP contribution in [0.2, 0.25) is 5.15 Å². The second-order valence-corrected chi connectivity index (χ2v) is 6.01. The van der Waals surface area contributed by atoms with Crippen molar-refractivity contribution in [1.82, 2.24) is 4.98 Å². The molecule has 2 aromatic rings. The number of nitrogens with one attached hydrogen (secondary N) is 1. The molecule has 0 radical (unpaired) electrons. The van der Waals surface area contributed by atoms with Gasteiger partial charge in [0.15, 0.2) is 0 Å². The molecule has 0 aliphatic heterocycles. The number of pyridine rings is 1. The molecular formula is C12H8Br2ClN3O2. The molecule has 1 N–H and O–H groups in total. The predicted octanol–water partition coefficient (Wildman–Crippen LogP) is 4.78. The largest absolute Gasteiger partial charge is 0.379 e. The molecular weight excluding hydrogens is 413 g/mol. The Morgan fingerprint density at radius 2 is 2.10 bits per heavy atom. The van der Waals surface area contributed by atoms with E-state index in [1.54, 1.807) is 24.4 Å². The summed E-state index contributed by atoms with van der Waals surface area (Å²) >= 11 is 12.3. The Hall–Kier alpha value is -1.18. The number of rotatable bonds is 4. The van der Waals surface area contributed by atoms with E-state index in [4.69, 9.17) is 11.6 Å². The summed E-state index contributed by atoms with van der Waals surface area (Å²) in [5.74, 6) is 0. The molecule has 1 aromatic heterocycles. The zero-order valence-electron chi connectivity index (χ0n) is 9.94. The van der Waals surface area contributed by atoms with Crippen LogP contribution in [0.25, 0.3) is 0 Å².